The van der Waals surface area contributed by atoms with Crippen LogP contribution in [-0.4, -0.2) is 24.0 Å². The van der Waals surface area contributed by atoms with E-state index in [1.165, 1.54) is 44.5 Å². The van der Waals surface area contributed by atoms with E-state index in [1.54, 1.807) is 0 Å². The van der Waals surface area contributed by atoms with Crippen LogP contribution in [0.5, 0.6) is 0 Å². The lowest BCUT2D eigenvalue weighted by Gasteiger charge is -2.14. The molecule has 0 fully saturated rings. The molecule has 0 radical (unpaired) electrons. The number of hydrogen-bond acceptors (Lipinski definition) is 3. The van der Waals surface area contributed by atoms with Gasteiger partial charge in [-0.15, -0.1) is 0 Å². The maximum atomic E-state index is 11.8. The Balaban J connectivity index is 1.63. The van der Waals surface area contributed by atoms with Crippen molar-refractivity contribution in [1.82, 2.24) is 4.90 Å². The zero-order valence-electron chi connectivity index (χ0n) is 17.4. The quantitative estimate of drug-likeness (QED) is 0.542. The van der Waals surface area contributed by atoms with E-state index < -0.39 is 0 Å². The minimum absolute atomic E-state index is 0.151. The van der Waals surface area contributed by atoms with E-state index in [1.807, 2.05) is 6.92 Å². The predicted molar refractivity (Wildman–Crippen MR) is 118 cm³/mol. The molecule has 0 amide bonds. The van der Waals surface area contributed by atoms with Gasteiger partial charge in [-0.05, 0) is 71.3 Å². The molecule has 0 aromatic heterocycles. The highest BCUT2D eigenvalue weighted by atomic mass is 16.5. The van der Waals surface area contributed by atoms with Crippen molar-refractivity contribution >= 4 is 5.97 Å². The van der Waals surface area contributed by atoms with Gasteiger partial charge in [-0.2, -0.15) is 0 Å². The summed E-state index contributed by atoms with van der Waals surface area (Å²) in [7, 11) is 0. The molecule has 3 nitrogen and oxygen atoms in total. The number of esters is 1. The molecule has 0 bridgehead atoms. The number of fused-ring (bicyclic) bond motifs is 1. The van der Waals surface area contributed by atoms with Gasteiger partial charge in [0.05, 0.1) is 13.2 Å². The summed E-state index contributed by atoms with van der Waals surface area (Å²) >= 11 is 0. The van der Waals surface area contributed by atoms with E-state index in [4.69, 9.17) is 4.74 Å². The van der Waals surface area contributed by atoms with Crippen LogP contribution in [0.15, 0.2) is 60.7 Å². The lowest BCUT2D eigenvalue weighted by Crippen LogP contribution is -2.26. The van der Waals surface area contributed by atoms with Crippen LogP contribution < -0.4 is 0 Å². The summed E-state index contributed by atoms with van der Waals surface area (Å²) in [5.41, 5.74) is 10.2. The van der Waals surface area contributed by atoms with Crippen LogP contribution in [0.4, 0.5) is 0 Å². The van der Waals surface area contributed by atoms with Gasteiger partial charge in [0.25, 0.3) is 0 Å². The molecule has 3 aromatic rings. The van der Waals surface area contributed by atoms with Gasteiger partial charge in [-0.1, -0.05) is 54.6 Å². The maximum absolute atomic E-state index is 11.8. The Morgan fingerprint density at radius 2 is 1.62 bits per heavy atom. The fourth-order valence-corrected chi connectivity index (χ4v) is 4.25. The van der Waals surface area contributed by atoms with Crippen LogP contribution >= 0.6 is 0 Å². The maximum Gasteiger partial charge on any atom is 0.320 e. The molecule has 1 heterocycles. The number of ether oxygens (including phenoxy) is 1. The van der Waals surface area contributed by atoms with E-state index in [2.05, 4.69) is 79.4 Å². The van der Waals surface area contributed by atoms with Crippen molar-refractivity contribution in [1.29, 1.82) is 0 Å². The average molecular weight is 386 g/mol. The van der Waals surface area contributed by atoms with Crippen LogP contribution in [0.25, 0.3) is 22.3 Å². The van der Waals surface area contributed by atoms with Crippen molar-refractivity contribution in [2.24, 2.45) is 0 Å². The highest BCUT2D eigenvalue weighted by molar-refractivity contribution is 5.80. The van der Waals surface area contributed by atoms with E-state index in [9.17, 15) is 4.79 Å². The zero-order chi connectivity index (χ0) is 20.4. The van der Waals surface area contributed by atoms with E-state index in [0.717, 1.165) is 13.1 Å². The second kappa shape index (κ2) is 8.22. The second-order valence-corrected chi connectivity index (χ2v) is 7.73. The number of aryl methyl sites for hydroxylation is 1. The summed E-state index contributed by atoms with van der Waals surface area (Å²) in [4.78, 5) is 14.0. The highest BCUT2D eigenvalue weighted by Gasteiger charge is 2.22. The number of benzene rings is 3. The molecule has 0 atom stereocenters. The van der Waals surface area contributed by atoms with E-state index in [0.29, 0.717) is 13.2 Å². The molecule has 3 heteroatoms. The largest absolute Gasteiger partial charge is 0.465 e. The molecule has 0 unspecified atom stereocenters. The third kappa shape index (κ3) is 3.96. The molecule has 0 saturated heterocycles. The first-order chi connectivity index (χ1) is 14.1. The molecular formula is C26H27NO2. The molecule has 1 aliphatic rings. The first-order valence-corrected chi connectivity index (χ1v) is 10.2. The number of nitrogens with zero attached hydrogens (tertiary/aromatic N) is 1. The average Bonchev–Trinajstić information content (AvgIpc) is 3.10. The number of hydrogen-bond donors (Lipinski definition) is 0. The lowest BCUT2D eigenvalue weighted by atomic mass is 9.90. The van der Waals surface area contributed by atoms with Crippen molar-refractivity contribution in [3.63, 3.8) is 0 Å². The third-order valence-corrected chi connectivity index (χ3v) is 5.73. The summed E-state index contributed by atoms with van der Waals surface area (Å²) < 4.78 is 5.10. The number of carbonyl (C=O) groups is 1. The van der Waals surface area contributed by atoms with Gasteiger partial charge >= 0.3 is 5.97 Å². The van der Waals surface area contributed by atoms with Crippen molar-refractivity contribution in [3.05, 3.63) is 82.9 Å². The first-order valence-electron chi connectivity index (χ1n) is 10.2. The monoisotopic (exact) mass is 385 g/mol. The first kappa shape index (κ1) is 19.4. The summed E-state index contributed by atoms with van der Waals surface area (Å²) in [6.07, 6.45) is 0. The lowest BCUT2D eigenvalue weighted by molar-refractivity contribution is -0.144. The number of rotatable bonds is 5. The van der Waals surface area contributed by atoms with Crippen LogP contribution in [0, 0.1) is 13.8 Å². The number of carbonyl (C=O) groups excluding carboxylic acids is 1. The molecule has 29 heavy (non-hydrogen) atoms. The van der Waals surface area contributed by atoms with Gasteiger partial charge in [0, 0.05) is 13.1 Å². The molecule has 0 spiro atoms. The topological polar surface area (TPSA) is 29.5 Å². The van der Waals surface area contributed by atoms with Gasteiger partial charge in [0.1, 0.15) is 0 Å². The van der Waals surface area contributed by atoms with Crippen LogP contribution in [0.3, 0.4) is 0 Å². The van der Waals surface area contributed by atoms with Crippen LogP contribution in [0.2, 0.25) is 0 Å². The Morgan fingerprint density at radius 3 is 2.41 bits per heavy atom. The van der Waals surface area contributed by atoms with Gasteiger partial charge < -0.3 is 4.74 Å². The minimum atomic E-state index is -0.151. The predicted octanol–water partition coefficient (Wildman–Crippen LogP) is 5.52. The molecule has 1 aliphatic heterocycles. The summed E-state index contributed by atoms with van der Waals surface area (Å²) in [5.74, 6) is -0.151. The smallest absolute Gasteiger partial charge is 0.320 e. The van der Waals surface area contributed by atoms with Crippen molar-refractivity contribution in [2.45, 2.75) is 33.9 Å². The van der Waals surface area contributed by atoms with E-state index >= 15 is 0 Å². The van der Waals surface area contributed by atoms with Gasteiger partial charge in [-0.3, -0.25) is 9.69 Å². The summed E-state index contributed by atoms with van der Waals surface area (Å²) in [6.45, 7) is 8.58. The Kier molecular flexibility index (Phi) is 5.50. The Hall–Kier alpha value is -2.91. The van der Waals surface area contributed by atoms with Crippen molar-refractivity contribution in [3.8, 4) is 22.3 Å². The Labute approximate surface area is 172 Å². The minimum Gasteiger partial charge on any atom is -0.465 e. The van der Waals surface area contributed by atoms with Crippen molar-refractivity contribution in [2.75, 3.05) is 13.2 Å². The van der Waals surface area contributed by atoms with Crippen molar-refractivity contribution < 1.29 is 9.53 Å². The molecular weight excluding hydrogens is 358 g/mol. The third-order valence-electron chi connectivity index (χ3n) is 5.73. The standard InChI is InChI=1S/C26H27NO2/c1-4-29-26(28)17-27-15-21-13-12-20(14-22(21)16-27)24-10-7-11-25(19(24)3)23-9-6-5-8-18(23)2/h5-14H,4,15-17H2,1-3H3. The SMILES string of the molecule is CCOC(=O)CN1Cc2ccc(-c3cccc(-c4ccccc4C)c3C)cc2C1. The Bertz CT molecular complexity index is 1050. The van der Waals surface area contributed by atoms with Crippen LogP contribution in [-0.2, 0) is 22.6 Å². The van der Waals surface area contributed by atoms with Gasteiger partial charge in [0.15, 0.2) is 0 Å². The molecule has 0 aliphatic carbocycles. The highest BCUT2D eigenvalue weighted by Crippen LogP contribution is 2.35. The van der Waals surface area contributed by atoms with Crippen LogP contribution in [0.1, 0.15) is 29.2 Å². The normalized spacial score (nSPS) is 13.3. The Morgan fingerprint density at radius 1 is 0.897 bits per heavy atom. The fourth-order valence-electron chi connectivity index (χ4n) is 4.25. The molecule has 0 N–H and O–H groups in total. The zero-order valence-corrected chi connectivity index (χ0v) is 17.4. The van der Waals surface area contributed by atoms with E-state index in [-0.39, 0.29) is 5.97 Å². The van der Waals surface area contributed by atoms with Gasteiger partial charge in [-0.25, -0.2) is 0 Å². The second-order valence-electron chi connectivity index (χ2n) is 7.73. The molecule has 148 valence electrons. The molecule has 0 saturated carbocycles. The molecule has 3 aromatic carbocycles. The van der Waals surface area contributed by atoms with Gasteiger partial charge in [0.2, 0.25) is 0 Å². The summed E-state index contributed by atoms with van der Waals surface area (Å²) in [6, 6.07) is 21.8. The molecule has 4 rings (SSSR count). The fraction of sp³-hybridized carbons (Fsp3) is 0.269. The summed E-state index contributed by atoms with van der Waals surface area (Å²) in [5, 5.41) is 0.